The van der Waals surface area contributed by atoms with Gasteiger partial charge >= 0.3 is 0 Å². The lowest BCUT2D eigenvalue weighted by Crippen LogP contribution is -2.43. The van der Waals surface area contributed by atoms with Gasteiger partial charge in [0, 0.05) is 23.7 Å². The molecule has 0 aliphatic rings. The first-order valence-corrected chi connectivity index (χ1v) is 7.54. The molecule has 3 nitrogen and oxygen atoms in total. The van der Waals surface area contributed by atoms with E-state index in [2.05, 4.69) is 32.6 Å². The molecule has 1 aromatic rings. The van der Waals surface area contributed by atoms with E-state index in [9.17, 15) is 5.11 Å². The van der Waals surface area contributed by atoms with Crippen LogP contribution < -0.4 is 0 Å². The summed E-state index contributed by atoms with van der Waals surface area (Å²) in [7, 11) is 0. The van der Waals surface area contributed by atoms with Gasteiger partial charge in [0.2, 0.25) is 0 Å². The second-order valence-electron chi connectivity index (χ2n) is 5.64. The molecule has 0 spiro atoms. The van der Waals surface area contributed by atoms with Gasteiger partial charge in [-0.25, -0.2) is 0 Å². The molecule has 4 heteroatoms. The number of hydrogen-bond acceptors (Lipinski definition) is 3. The fraction of sp³-hybridized carbons (Fsp3) is 0.625. The lowest BCUT2D eigenvalue weighted by atomic mass is 10.2. The minimum atomic E-state index is -0.484. The number of hydrogen-bond donors (Lipinski definition) is 1. The zero-order chi connectivity index (χ0) is 15.1. The quantitative estimate of drug-likeness (QED) is 0.799. The smallest absolute Gasteiger partial charge is 0.0900 e. The van der Waals surface area contributed by atoms with Crippen LogP contribution in [0.4, 0.5) is 0 Å². The Morgan fingerprint density at radius 2 is 1.75 bits per heavy atom. The summed E-state index contributed by atoms with van der Waals surface area (Å²) in [5.41, 5.74) is 0.950. The molecule has 0 fully saturated rings. The predicted molar refractivity (Wildman–Crippen MR) is 84.1 cm³/mol. The van der Waals surface area contributed by atoms with Gasteiger partial charge in [0.15, 0.2) is 0 Å². The van der Waals surface area contributed by atoms with Crippen molar-refractivity contribution in [3.05, 3.63) is 34.9 Å². The zero-order valence-corrected chi connectivity index (χ0v) is 13.6. The number of aliphatic hydroxyl groups excluding tert-OH is 1. The summed E-state index contributed by atoms with van der Waals surface area (Å²) in [6, 6.07) is 8.42. The van der Waals surface area contributed by atoms with Crippen molar-refractivity contribution in [3.8, 4) is 0 Å². The van der Waals surface area contributed by atoms with Crippen molar-refractivity contribution >= 4 is 11.6 Å². The highest BCUT2D eigenvalue weighted by Crippen LogP contribution is 2.15. The third-order valence-corrected chi connectivity index (χ3v) is 3.64. The van der Waals surface area contributed by atoms with Gasteiger partial charge < -0.3 is 9.84 Å². The van der Waals surface area contributed by atoms with Crippen LogP contribution in [0.15, 0.2) is 24.3 Å². The number of halogens is 1. The molecule has 0 saturated heterocycles. The first kappa shape index (κ1) is 17.4. The first-order chi connectivity index (χ1) is 9.41. The lowest BCUT2D eigenvalue weighted by molar-refractivity contribution is -0.00155. The SMILES string of the molecule is CC(C)N(C[C@H](O)COCc1ccccc1Cl)C(C)C. The summed E-state index contributed by atoms with van der Waals surface area (Å²) in [5, 5.41) is 10.8. The lowest BCUT2D eigenvalue weighted by Gasteiger charge is -2.32. The number of ether oxygens (including phenoxy) is 1. The van der Waals surface area contributed by atoms with Gasteiger partial charge in [-0.3, -0.25) is 4.90 Å². The van der Waals surface area contributed by atoms with Gasteiger partial charge in [0.05, 0.1) is 19.3 Å². The Morgan fingerprint density at radius 1 is 1.15 bits per heavy atom. The molecule has 0 aliphatic heterocycles. The molecule has 1 aromatic carbocycles. The van der Waals surface area contributed by atoms with Crippen LogP contribution in [-0.4, -0.2) is 41.3 Å². The van der Waals surface area contributed by atoms with Crippen molar-refractivity contribution < 1.29 is 9.84 Å². The van der Waals surface area contributed by atoms with E-state index in [4.69, 9.17) is 16.3 Å². The van der Waals surface area contributed by atoms with Crippen LogP contribution in [0, 0.1) is 0 Å². The second-order valence-corrected chi connectivity index (χ2v) is 6.05. The first-order valence-electron chi connectivity index (χ1n) is 7.16. The fourth-order valence-corrected chi connectivity index (χ4v) is 2.42. The monoisotopic (exact) mass is 299 g/mol. The predicted octanol–water partition coefficient (Wildman–Crippen LogP) is 3.34. The maximum Gasteiger partial charge on any atom is 0.0900 e. The molecule has 1 rings (SSSR count). The standard InChI is InChI=1S/C16H26ClNO2/c1-12(2)18(13(3)4)9-15(19)11-20-10-14-7-5-6-8-16(14)17/h5-8,12-13,15,19H,9-11H2,1-4H3/t15-/m0/s1. The molecule has 0 heterocycles. The molecule has 0 bridgehead atoms. The Labute approximate surface area is 127 Å². The van der Waals surface area contributed by atoms with Crippen LogP contribution in [0.2, 0.25) is 5.02 Å². The summed E-state index contributed by atoms with van der Waals surface area (Å²) < 4.78 is 5.56. The fourth-order valence-electron chi connectivity index (χ4n) is 2.23. The topological polar surface area (TPSA) is 32.7 Å². The van der Waals surface area contributed by atoms with Crippen LogP contribution >= 0.6 is 11.6 Å². The zero-order valence-electron chi connectivity index (χ0n) is 12.8. The van der Waals surface area contributed by atoms with E-state index < -0.39 is 6.10 Å². The molecule has 0 aromatic heterocycles. The molecule has 1 N–H and O–H groups in total. The summed E-state index contributed by atoms with van der Waals surface area (Å²) >= 11 is 6.06. The van der Waals surface area contributed by atoms with Gasteiger partial charge in [-0.2, -0.15) is 0 Å². The second kappa shape index (κ2) is 8.63. The van der Waals surface area contributed by atoms with Crippen LogP contribution in [-0.2, 0) is 11.3 Å². The van der Waals surface area contributed by atoms with E-state index >= 15 is 0 Å². The molecule has 114 valence electrons. The van der Waals surface area contributed by atoms with Crippen molar-refractivity contribution in [1.29, 1.82) is 0 Å². The van der Waals surface area contributed by atoms with Gasteiger partial charge in [-0.1, -0.05) is 29.8 Å². The Hall–Kier alpha value is -0.610. The molecule has 0 amide bonds. The number of aliphatic hydroxyl groups is 1. The highest BCUT2D eigenvalue weighted by Gasteiger charge is 2.17. The number of benzene rings is 1. The van der Waals surface area contributed by atoms with Crippen molar-refractivity contribution in [2.24, 2.45) is 0 Å². The van der Waals surface area contributed by atoms with E-state index in [-0.39, 0.29) is 0 Å². The van der Waals surface area contributed by atoms with Crippen molar-refractivity contribution in [2.75, 3.05) is 13.2 Å². The molecule has 0 radical (unpaired) electrons. The van der Waals surface area contributed by atoms with Crippen LogP contribution in [0.3, 0.4) is 0 Å². The Morgan fingerprint density at radius 3 is 2.30 bits per heavy atom. The summed E-state index contributed by atoms with van der Waals surface area (Å²) in [6.07, 6.45) is -0.484. The normalized spacial score (nSPS) is 13.4. The van der Waals surface area contributed by atoms with Gasteiger partial charge in [-0.15, -0.1) is 0 Å². The number of nitrogens with zero attached hydrogens (tertiary/aromatic N) is 1. The molecule has 20 heavy (non-hydrogen) atoms. The van der Waals surface area contributed by atoms with E-state index in [0.717, 1.165) is 5.56 Å². The molecule has 0 aliphatic carbocycles. The maximum atomic E-state index is 10.1. The Kier molecular flexibility index (Phi) is 7.52. The Bertz CT molecular complexity index is 388. The molecule has 0 unspecified atom stereocenters. The largest absolute Gasteiger partial charge is 0.389 e. The molecular weight excluding hydrogens is 274 g/mol. The van der Waals surface area contributed by atoms with Crippen molar-refractivity contribution in [2.45, 2.75) is 52.5 Å². The van der Waals surface area contributed by atoms with Gasteiger partial charge in [0.1, 0.15) is 0 Å². The molecule has 1 atom stereocenters. The van der Waals surface area contributed by atoms with Crippen molar-refractivity contribution in [1.82, 2.24) is 4.90 Å². The van der Waals surface area contributed by atoms with E-state index in [1.54, 1.807) is 0 Å². The van der Waals surface area contributed by atoms with Crippen molar-refractivity contribution in [3.63, 3.8) is 0 Å². The molecule has 0 saturated carbocycles. The highest BCUT2D eigenvalue weighted by molar-refractivity contribution is 6.31. The molecular formula is C16H26ClNO2. The highest BCUT2D eigenvalue weighted by atomic mass is 35.5. The third-order valence-electron chi connectivity index (χ3n) is 3.27. The van der Waals surface area contributed by atoms with Crippen LogP contribution in [0.25, 0.3) is 0 Å². The Balaban J connectivity index is 2.36. The minimum absolute atomic E-state index is 0.321. The summed E-state index contributed by atoms with van der Waals surface area (Å²) in [5.74, 6) is 0. The van der Waals surface area contributed by atoms with Crippen LogP contribution in [0.1, 0.15) is 33.3 Å². The summed E-state index contributed by atoms with van der Waals surface area (Å²) in [6.45, 7) is 9.92. The van der Waals surface area contributed by atoms with Gasteiger partial charge in [0.25, 0.3) is 0 Å². The minimum Gasteiger partial charge on any atom is -0.389 e. The van der Waals surface area contributed by atoms with Crippen LogP contribution in [0.5, 0.6) is 0 Å². The van der Waals surface area contributed by atoms with E-state index in [0.29, 0.717) is 36.9 Å². The summed E-state index contributed by atoms with van der Waals surface area (Å²) in [4.78, 5) is 2.25. The van der Waals surface area contributed by atoms with E-state index in [1.807, 2.05) is 24.3 Å². The average molecular weight is 300 g/mol. The van der Waals surface area contributed by atoms with Gasteiger partial charge in [-0.05, 0) is 39.3 Å². The maximum absolute atomic E-state index is 10.1. The third kappa shape index (κ3) is 5.80. The number of rotatable bonds is 8. The average Bonchev–Trinajstić information content (AvgIpc) is 2.37. The van der Waals surface area contributed by atoms with E-state index in [1.165, 1.54) is 0 Å².